The third-order valence-corrected chi connectivity index (χ3v) is 15.9. The van der Waals surface area contributed by atoms with Crippen LogP contribution in [-0.2, 0) is 60.6 Å². The molecule has 1 aromatic heterocycles. The fourth-order valence-electron chi connectivity index (χ4n) is 11.2. The van der Waals surface area contributed by atoms with Crippen molar-refractivity contribution in [3.63, 3.8) is 0 Å². The summed E-state index contributed by atoms with van der Waals surface area (Å²) in [5, 5.41) is 64.9. The number of ether oxygens (including phenoxy) is 7. The van der Waals surface area contributed by atoms with Gasteiger partial charge >= 0.3 is 5.97 Å². The highest BCUT2D eigenvalue weighted by molar-refractivity contribution is 5.83. The van der Waals surface area contributed by atoms with Gasteiger partial charge in [0.1, 0.15) is 42.0 Å². The predicted octanol–water partition coefficient (Wildman–Crippen LogP) is 4.39. The molecular formula is C53H86N4O15. The van der Waals surface area contributed by atoms with Gasteiger partial charge in [0.2, 0.25) is 0 Å². The number of hydrogen-bond acceptors (Lipinski definition) is 18. The molecule has 19 heteroatoms. The molecule has 19 nitrogen and oxygen atoms in total. The van der Waals surface area contributed by atoms with Gasteiger partial charge < -0.3 is 58.7 Å². The van der Waals surface area contributed by atoms with Crippen LogP contribution in [-0.4, -0.2) is 175 Å². The van der Waals surface area contributed by atoms with Gasteiger partial charge in [0.15, 0.2) is 18.4 Å². The molecule has 3 fully saturated rings. The molecule has 0 bridgehead atoms. The van der Waals surface area contributed by atoms with E-state index >= 15 is 0 Å². The molecule has 0 radical (unpaired) electrons. The lowest BCUT2D eigenvalue weighted by Crippen LogP contribution is -2.61. The van der Waals surface area contributed by atoms with Gasteiger partial charge in [0.05, 0.1) is 53.8 Å². The Hall–Kier alpha value is -3.31. The third-order valence-electron chi connectivity index (χ3n) is 15.9. The average molecular weight is 1020 g/mol. The van der Waals surface area contributed by atoms with Crippen LogP contribution >= 0.6 is 0 Å². The van der Waals surface area contributed by atoms with Crippen molar-refractivity contribution in [1.29, 1.82) is 0 Å². The van der Waals surface area contributed by atoms with Crippen LogP contribution in [0, 0.1) is 23.7 Å². The summed E-state index contributed by atoms with van der Waals surface area (Å²) in [6, 6.07) is 7.40. The molecule has 0 amide bonds. The Bertz CT molecular complexity index is 2070. The van der Waals surface area contributed by atoms with Gasteiger partial charge in [-0.1, -0.05) is 63.6 Å². The Labute approximate surface area is 426 Å². The molecule has 0 unspecified atom stereocenters. The Kier molecular flexibility index (Phi) is 21.1. The number of rotatable bonds is 18. The summed E-state index contributed by atoms with van der Waals surface area (Å²) in [6.45, 7) is 17.6. The fraction of sp³-hybridized carbons (Fsp3) is 0.792. The van der Waals surface area contributed by atoms with Crippen molar-refractivity contribution in [3.05, 3.63) is 36.0 Å². The number of aryl methyl sites for hydroxylation is 1. The van der Waals surface area contributed by atoms with Gasteiger partial charge in [0, 0.05) is 69.5 Å². The molecule has 0 aliphatic carbocycles. The first-order valence-electron chi connectivity index (χ1n) is 25.9. The van der Waals surface area contributed by atoms with Crippen LogP contribution in [0.5, 0.6) is 0 Å². The van der Waals surface area contributed by atoms with Gasteiger partial charge in [0.25, 0.3) is 0 Å². The number of ketones is 2. The van der Waals surface area contributed by atoms with Crippen molar-refractivity contribution in [2.75, 3.05) is 27.9 Å². The molecule has 1 aromatic carbocycles. The van der Waals surface area contributed by atoms with Gasteiger partial charge in [-0.15, -0.1) is 5.10 Å². The summed E-state index contributed by atoms with van der Waals surface area (Å²) in [5.74, 6) is -4.96. The number of methoxy groups -OCH3 is 2. The second-order valence-electron chi connectivity index (χ2n) is 21.6. The number of aromatic nitrogens is 3. The van der Waals surface area contributed by atoms with Crippen molar-refractivity contribution in [2.45, 2.75) is 218 Å². The SMILES string of the molecule is CC[C@H]1OC(=O)[C@H](C)[C@@H](O[C@H]2C[C@@](C)(OC)[C@@H](O)[C@H](C)O2)[C@H](C)[C@@H](O[C@@H]2O[C@H](C)C[C@H](N(C)Cc3ccccc3-c3cn(CCCCCC(=O)CO)nn3)[C@H]2O)[C@](C)(OC)C[C@@H](C)C(=O)[C@H](C)[C@@H](O)[C@]1(C)O. The molecular weight excluding hydrogens is 933 g/mol. The number of cyclic esters (lactones) is 1. The maximum Gasteiger partial charge on any atom is 0.311 e. The van der Waals surface area contributed by atoms with Crippen LogP contribution in [0.4, 0.5) is 0 Å². The largest absolute Gasteiger partial charge is 0.459 e. The zero-order chi connectivity index (χ0) is 53.5. The Morgan fingerprint density at radius 1 is 0.903 bits per heavy atom. The van der Waals surface area contributed by atoms with E-state index < -0.39 is 121 Å². The van der Waals surface area contributed by atoms with Crippen LogP contribution in [0.15, 0.2) is 30.5 Å². The number of esters is 1. The number of benzene rings is 1. The lowest BCUT2D eigenvalue weighted by molar-refractivity contribution is -0.319. The van der Waals surface area contributed by atoms with E-state index in [1.807, 2.05) is 51.4 Å². The minimum Gasteiger partial charge on any atom is -0.459 e. The maximum absolute atomic E-state index is 14.5. The molecule has 0 spiro atoms. The van der Waals surface area contributed by atoms with E-state index in [-0.39, 0.29) is 30.8 Å². The lowest BCUT2D eigenvalue weighted by Gasteiger charge is -2.50. The molecule has 3 saturated heterocycles. The Morgan fingerprint density at radius 3 is 2.24 bits per heavy atom. The topological polar surface area (TPSA) is 251 Å². The summed E-state index contributed by atoms with van der Waals surface area (Å²) < 4.78 is 46.7. The van der Waals surface area contributed by atoms with Crippen LogP contribution in [0.25, 0.3) is 11.3 Å². The van der Waals surface area contributed by atoms with Crippen molar-refractivity contribution >= 4 is 17.5 Å². The number of aliphatic hydroxyl groups is 5. The number of Topliss-reactive ketones (excluding diaryl/α,β-unsaturated/α-hetero) is 2. The molecule has 3 aliphatic heterocycles. The number of unbranched alkanes of at least 4 members (excludes halogenated alkanes) is 2. The van der Waals surface area contributed by atoms with Gasteiger partial charge in [-0.3, -0.25) is 24.0 Å². The predicted molar refractivity (Wildman–Crippen MR) is 265 cm³/mol. The van der Waals surface area contributed by atoms with E-state index in [2.05, 4.69) is 15.2 Å². The molecule has 3 aliphatic rings. The fourth-order valence-corrected chi connectivity index (χ4v) is 11.2. The van der Waals surface area contributed by atoms with E-state index in [1.165, 1.54) is 21.1 Å². The van der Waals surface area contributed by atoms with Crippen LogP contribution in [0.2, 0.25) is 0 Å². The lowest BCUT2D eigenvalue weighted by atomic mass is 9.74. The molecule has 0 saturated carbocycles. The molecule has 2 aromatic rings. The first kappa shape index (κ1) is 59.6. The number of hydrogen-bond donors (Lipinski definition) is 5. The second-order valence-corrected chi connectivity index (χ2v) is 21.6. The molecule has 5 N–H and O–H groups in total. The summed E-state index contributed by atoms with van der Waals surface area (Å²) >= 11 is 0. The average Bonchev–Trinajstić information content (AvgIpc) is 3.83. The standard InChI is InChI=1S/C53H86N4O15/c1-14-41-53(10,65)46(62)32(4)43(60)30(2)25-52(9,67-13)48(33(5)45(34(6)49(64)70-41)71-42-26-51(8,66-12)47(63)35(7)69-42)72-50-44(61)40(24-31(3)68-50)56(11)27-36-20-17-18-22-38(36)39-28-57(55-54-39)23-19-15-16-21-37(59)29-58/h17-18,20,22,28,30-35,40-42,44-48,50,58,61-63,65H,14-16,19,21,23-27,29H2,1-13H3/t30-,31-,32+,33+,34-,35+,40+,41-,42+,44-,45+,46-,47+,48-,50+,51-,52-,53-/m1/s1. The molecule has 4 heterocycles. The van der Waals surface area contributed by atoms with E-state index in [4.69, 9.17) is 38.3 Å². The Morgan fingerprint density at radius 2 is 1.58 bits per heavy atom. The smallest absolute Gasteiger partial charge is 0.311 e. The first-order chi connectivity index (χ1) is 33.9. The van der Waals surface area contributed by atoms with E-state index in [0.29, 0.717) is 38.0 Å². The van der Waals surface area contributed by atoms with Crippen LogP contribution in [0.1, 0.15) is 126 Å². The number of nitrogens with zero attached hydrogens (tertiary/aromatic N) is 4. The number of likely N-dealkylation sites (N-methyl/N-ethyl adjacent to an activating group) is 1. The highest BCUT2D eigenvalue weighted by Gasteiger charge is 2.54. The zero-order valence-corrected chi connectivity index (χ0v) is 44.9. The van der Waals surface area contributed by atoms with E-state index in [1.54, 1.807) is 53.1 Å². The van der Waals surface area contributed by atoms with Crippen molar-refractivity contribution in [2.24, 2.45) is 23.7 Å². The molecule has 408 valence electrons. The highest BCUT2D eigenvalue weighted by atomic mass is 16.7. The summed E-state index contributed by atoms with van der Waals surface area (Å²) in [7, 11) is 4.93. The zero-order valence-electron chi connectivity index (χ0n) is 44.9. The van der Waals surface area contributed by atoms with Crippen molar-refractivity contribution in [3.8, 4) is 11.3 Å². The van der Waals surface area contributed by atoms with Crippen LogP contribution < -0.4 is 0 Å². The second kappa shape index (κ2) is 25.5. The van der Waals surface area contributed by atoms with Crippen LogP contribution in [0.3, 0.4) is 0 Å². The van der Waals surface area contributed by atoms with E-state index in [9.17, 15) is 34.8 Å². The van der Waals surface area contributed by atoms with Crippen molar-refractivity contribution in [1.82, 2.24) is 19.9 Å². The normalized spacial score (nSPS) is 38.6. The number of carbonyl (C=O) groups is 3. The molecule has 18 atom stereocenters. The first-order valence-corrected chi connectivity index (χ1v) is 25.9. The molecule has 5 rings (SSSR count). The summed E-state index contributed by atoms with van der Waals surface area (Å²) in [4.78, 5) is 42.4. The minimum atomic E-state index is -2.01. The monoisotopic (exact) mass is 1020 g/mol. The quantitative estimate of drug-likeness (QED) is 0.103. The molecule has 72 heavy (non-hydrogen) atoms. The van der Waals surface area contributed by atoms with Gasteiger partial charge in [-0.25, -0.2) is 0 Å². The highest BCUT2D eigenvalue weighted by Crippen LogP contribution is 2.42. The maximum atomic E-state index is 14.5. The third kappa shape index (κ3) is 13.7. The summed E-state index contributed by atoms with van der Waals surface area (Å²) in [6.07, 6.45) is -5.27. The number of aliphatic hydroxyl groups excluding tert-OH is 4. The Balaban J connectivity index is 1.49. The number of carbonyl (C=O) groups excluding carboxylic acids is 3. The minimum absolute atomic E-state index is 0.0545. The van der Waals surface area contributed by atoms with Crippen molar-refractivity contribution < 1.29 is 73.1 Å². The summed E-state index contributed by atoms with van der Waals surface area (Å²) in [5.41, 5.74) is -1.91. The van der Waals surface area contributed by atoms with E-state index in [0.717, 1.165) is 24.0 Å². The van der Waals surface area contributed by atoms with Gasteiger partial charge in [-0.2, -0.15) is 0 Å². The van der Waals surface area contributed by atoms with Gasteiger partial charge in [-0.05, 0) is 86.3 Å².